The summed E-state index contributed by atoms with van der Waals surface area (Å²) in [7, 11) is 1.54. The van der Waals surface area contributed by atoms with Gasteiger partial charge in [-0.2, -0.15) is 0 Å². The van der Waals surface area contributed by atoms with Gasteiger partial charge < -0.3 is 9.72 Å². The molecule has 76 valence electrons. The van der Waals surface area contributed by atoms with E-state index in [9.17, 15) is 4.79 Å². The maximum Gasteiger partial charge on any atom is 0.216 e. The minimum absolute atomic E-state index is 0.145. The number of imidazole rings is 1. The molecule has 0 unspecified atom stereocenters. The lowest BCUT2D eigenvalue weighted by molar-refractivity contribution is 0.103. The van der Waals surface area contributed by atoms with Crippen molar-refractivity contribution in [3.05, 3.63) is 48.0 Å². The summed E-state index contributed by atoms with van der Waals surface area (Å²) in [6.07, 6.45) is 3.04. The molecule has 0 amide bonds. The van der Waals surface area contributed by atoms with Gasteiger partial charge in [0.05, 0.1) is 19.0 Å². The molecule has 1 N–H and O–H groups in total. The van der Waals surface area contributed by atoms with E-state index in [1.807, 2.05) is 6.07 Å². The number of ketones is 1. The van der Waals surface area contributed by atoms with E-state index in [-0.39, 0.29) is 5.78 Å². The van der Waals surface area contributed by atoms with Gasteiger partial charge in [-0.25, -0.2) is 4.98 Å². The zero-order valence-corrected chi connectivity index (χ0v) is 8.23. The number of methoxy groups -OCH3 is 1. The van der Waals surface area contributed by atoms with Crippen molar-refractivity contribution in [1.82, 2.24) is 9.97 Å². The van der Waals surface area contributed by atoms with Gasteiger partial charge in [-0.1, -0.05) is 12.1 Å². The quantitative estimate of drug-likeness (QED) is 0.770. The number of para-hydroxylation sites is 1. The van der Waals surface area contributed by atoms with Gasteiger partial charge in [-0.3, -0.25) is 4.79 Å². The number of rotatable bonds is 3. The van der Waals surface area contributed by atoms with Crippen LogP contribution in [0.15, 0.2) is 36.8 Å². The van der Waals surface area contributed by atoms with Crippen molar-refractivity contribution in [2.45, 2.75) is 0 Å². The summed E-state index contributed by atoms with van der Waals surface area (Å²) in [4.78, 5) is 18.6. The third kappa shape index (κ3) is 1.74. The molecule has 0 fully saturated rings. The first-order valence-corrected chi connectivity index (χ1v) is 4.49. The van der Waals surface area contributed by atoms with Gasteiger partial charge in [0.1, 0.15) is 11.4 Å². The lowest BCUT2D eigenvalue weighted by Crippen LogP contribution is -2.03. The van der Waals surface area contributed by atoms with Crippen LogP contribution in [-0.4, -0.2) is 22.9 Å². The summed E-state index contributed by atoms with van der Waals surface area (Å²) in [5.41, 5.74) is 0.909. The van der Waals surface area contributed by atoms with E-state index in [1.165, 1.54) is 13.4 Å². The molecule has 2 aromatic rings. The molecule has 1 aromatic heterocycles. The minimum Gasteiger partial charge on any atom is -0.496 e. The molecule has 0 saturated heterocycles. The highest BCUT2D eigenvalue weighted by molar-refractivity contribution is 6.09. The lowest BCUT2D eigenvalue weighted by Gasteiger charge is -2.04. The average Bonchev–Trinajstić information content (AvgIpc) is 2.81. The summed E-state index contributed by atoms with van der Waals surface area (Å²) >= 11 is 0. The third-order valence-corrected chi connectivity index (χ3v) is 2.08. The van der Waals surface area contributed by atoms with E-state index in [0.717, 1.165) is 0 Å². The Labute approximate surface area is 86.9 Å². The minimum atomic E-state index is -0.145. The second-order valence-corrected chi connectivity index (χ2v) is 2.98. The van der Waals surface area contributed by atoms with Crippen LogP contribution in [0, 0.1) is 0 Å². The van der Waals surface area contributed by atoms with E-state index >= 15 is 0 Å². The van der Waals surface area contributed by atoms with Crippen molar-refractivity contribution in [1.29, 1.82) is 0 Å². The summed E-state index contributed by atoms with van der Waals surface area (Å²) in [5, 5.41) is 0. The number of aromatic amines is 1. The van der Waals surface area contributed by atoms with E-state index in [1.54, 1.807) is 24.4 Å². The fraction of sp³-hybridized carbons (Fsp3) is 0.0909. The standard InChI is InChI=1S/C11H10N2O2/c1-15-10-5-3-2-4-8(10)11(14)9-6-12-7-13-9/h2-7H,1H3,(H,12,13). The molecule has 0 aliphatic rings. The van der Waals surface area contributed by atoms with Gasteiger partial charge in [0.25, 0.3) is 0 Å². The molecule has 0 bridgehead atoms. The van der Waals surface area contributed by atoms with Crippen molar-refractivity contribution >= 4 is 5.78 Å². The van der Waals surface area contributed by atoms with Crippen molar-refractivity contribution in [2.75, 3.05) is 7.11 Å². The van der Waals surface area contributed by atoms with Crippen LogP contribution in [-0.2, 0) is 0 Å². The first kappa shape index (κ1) is 9.45. The van der Waals surface area contributed by atoms with E-state index < -0.39 is 0 Å². The number of carbonyl (C=O) groups is 1. The van der Waals surface area contributed by atoms with Crippen LogP contribution < -0.4 is 4.74 Å². The molecule has 4 heteroatoms. The second-order valence-electron chi connectivity index (χ2n) is 2.98. The Morgan fingerprint density at radius 2 is 2.20 bits per heavy atom. The maximum absolute atomic E-state index is 11.9. The van der Waals surface area contributed by atoms with Gasteiger partial charge in [0.2, 0.25) is 5.78 Å². The number of benzene rings is 1. The topological polar surface area (TPSA) is 55.0 Å². The molecule has 1 heterocycles. The first-order valence-electron chi connectivity index (χ1n) is 4.49. The second kappa shape index (κ2) is 3.96. The number of carbonyl (C=O) groups excluding carboxylic acids is 1. The highest BCUT2D eigenvalue weighted by Gasteiger charge is 2.14. The number of nitrogens with zero attached hydrogens (tertiary/aromatic N) is 1. The lowest BCUT2D eigenvalue weighted by atomic mass is 10.1. The summed E-state index contributed by atoms with van der Waals surface area (Å²) < 4.78 is 5.11. The van der Waals surface area contributed by atoms with Crippen LogP contribution in [0.2, 0.25) is 0 Å². The number of nitrogens with one attached hydrogen (secondary N) is 1. The van der Waals surface area contributed by atoms with Gasteiger partial charge in [0, 0.05) is 6.20 Å². The van der Waals surface area contributed by atoms with E-state index in [0.29, 0.717) is 17.0 Å². The monoisotopic (exact) mass is 202 g/mol. The molecular formula is C11H10N2O2. The molecule has 0 atom stereocenters. The van der Waals surface area contributed by atoms with Gasteiger partial charge in [-0.15, -0.1) is 0 Å². The van der Waals surface area contributed by atoms with Crippen LogP contribution in [0.5, 0.6) is 5.75 Å². The number of hydrogen-bond acceptors (Lipinski definition) is 3. The number of aromatic nitrogens is 2. The Morgan fingerprint density at radius 3 is 2.87 bits per heavy atom. The molecule has 0 spiro atoms. The zero-order valence-electron chi connectivity index (χ0n) is 8.23. The Bertz CT molecular complexity index is 463. The summed E-state index contributed by atoms with van der Waals surface area (Å²) in [6, 6.07) is 7.08. The van der Waals surface area contributed by atoms with Gasteiger partial charge >= 0.3 is 0 Å². The smallest absolute Gasteiger partial charge is 0.216 e. The Kier molecular flexibility index (Phi) is 2.49. The predicted octanol–water partition coefficient (Wildman–Crippen LogP) is 1.65. The molecule has 4 nitrogen and oxygen atoms in total. The molecule has 2 rings (SSSR count). The molecule has 0 radical (unpaired) electrons. The number of ether oxygens (including phenoxy) is 1. The Hall–Kier alpha value is -2.10. The highest BCUT2D eigenvalue weighted by atomic mass is 16.5. The van der Waals surface area contributed by atoms with Gasteiger partial charge in [0.15, 0.2) is 0 Å². The SMILES string of the molecule is COc1ccccc1C(=O)c1c[nH]cn1. The van der Waals surface area contributed by atoms with Gasteiger partial charge in [-0.05, 0) is 12.1 Å². The number of H-pyrrole nitrogens is 1. The fourth-order valence-corrected chi connectivity index (χ4v) is 1.35. The van der Waals surface area contributed by atoms with Crippen LogP contribution in [0.4, 0.5) is 0 Å². The molecule has 1 aromatic carbocycles. The van der Waals surface area contributed by atoms with Crippen molar-refractivity contribution in [2.24, 2.45) is 0 Å². The highest BCUT2D eigenvalue weighted by Crippen LogP contribution is 2.19. The van der Waals surface area contributed by atoms with E-state index in [2.05, 4.69) is 9.97 Å². The molecular weight excluding hydrogens is 192 g/mol. The van der Waals surface area contributed by atoms with Crippen LogP contribution in [0.25, 0.3) is 0 Å². The van der Waals surface area contributed by atoms with Crippen LogP contribution in [0.3, 0.4) is 0 Å². The largest absolute Gasteiger partial charge is 0.496 e. The molecule has 0 aliphatic heterocycles. The number of hydrogen-bond donors (Lipinski definition) is 1. The summed E-state index contributed by atoms with van der Waals surface area (Å²) in [6.45, 7) is 0. The van der Waals surface area contributed by atoms with Crippen LogP contribution in [0.1, 0.15) is 16.1 Å². The maximum atomic E-state index is 11.9. The van der Waals surface area contributed by atoms with Crippen LogP contribution >= 0.6 is 0 Å². The van der Waals surface area contributed by atoms with Crippen molar-refractivity contribution in [3.8, 4) is 5.75 Å². The molecule has 0 aliphatic carbocycles. The molecule has 15 heavy (non-hydrogen) atoms. The predicted molar refractivity (Wildman–Crippen MR) is 55.0 cm³/mol. The fourth-order valence-electron chi connectivity index (χ4n) is 1.35. The van der Waals surface area contributed by atoms with Crippen molar-refractivity contribution in [3.63, 3.8) is 0 Å². The Balaban J connectivity index is 2.42. The van der Waals surface area contributed by atoms with Crippen molar-refractivity contribution < 1.29 is 9.53 Å². The third-order valence-electron chi connectivity index (χ3n) is 2.08. The van der Waals surface area contributed by atoms with E-state index in [4.69, 9.17) is 4.74 Å². The average molecular weight is 202 g/mol. The zero-order chi connectivity index (χ0) is 10.7. The first-order chi connectivity index (χ1) is 7.33. The Morgan fingerprint density at radius 1 is 1.40 bits per heavy atom. The molecule has 0 saturated carbocycles. The normalized spacial score (nSPS) is 9.93. The summed E-state index contributed by atoms with van der Waals surface area (Å²) in [5.74, 6) is 0.416.